The smallest absolute Gasteiger partial charge is 0.248 e. The van der Waals surface area contributed by atoms with E-state index in [9.17, 15) is 4.79 Å². The first kappa shape index (κ1) is 16.3. The Morgan fingerprint density at radius 3 is 2.45 bits per heavy atom. The highest BCUT2D eigenvalue weighted by Crippen LogP contribution is 2.27. The lowest BCUT2D eigenvalue weighted by atomic mass is 10.1. The van der Waals surface area contributed by atoms with Crippen LogP contribution in [0.4, 0.5) is 11.4 Å². The van der Waals surface area contributed by atoms with E-state index in [2.05, 4.69) is 18.7 Å². The van der Waals surface area contributed by atoms with Gasteiger partial charge in [-0.15, -0.1) is 0 Å². The Balaban J connectivity index is 3.09. The van der Waals surface area contributed by atoms with E-state index in [1.165, 1.54) is 0 Å². The maximum Gasteiger partial charge on any atom is 0.248 e. The number of anilines is 2. The number of nitrogen functional groups attached to an aromatic ring is 1. The van der Waals surface area contributed by atoms with Crippen LogP contribution in [0.5, 0.6) is 0 Å². The molecular weight excluding hydrogens is 254 g/mol. The van der Waals surface area contributed by atoms with Crippen LogP contribution >= 0.6 is 0 Å². The molecule has 0 fully saturated rings. The molecule has 0 saturated heterocycles. The third kappa shape index (κ3) is 3.87. The van der Waals surface area contributed by atoms with Crippen LogP contribution in [0, 0.1) is 0 Å². The zero-order valence-electron chi connectivity index (χ0n) is 12.6. The van der Waals surface area contributed by atoms with Gasteiger partial charge < -0.3 is 21.1 Å². The Bertz CT molecular complexity index is 445. The number of methoxy groups -OCH3 is 1. The SMILES string of the molecule is CCC(CC)N(CCOC)c1ccc(C(N)=O)cc1N. The predicted molar refractivity (Wildman–Crippen MR) is 83.0 cm³/mol. The molecule has 0 radical (unpaired) electrons. The van der Waals surface area contributed by atoms with Gasteiger partial charge in [0.15, 0.2) is 0 Å². The zero-order chi connectivity index (χ0) is 15.1. The molecule has 1 aromatic rings. The van der Waals surface area contributed by atoms with Gasteiger partial charge in [-0.1, -0.05) is 13.8 Å². The maximum atomic E-state index is 11.2. The van der Waals surface area contributed by atoms with E-state index < -0.39 is 5.91 Å². The Morgan fingerprint density at radius 2 is 2.00 bits per heavy atom. The fraction of sp³-hybridized carbons (Fsp3) is 0.533. The number of nitrogens with zero attached hydrogens (tertiary/aromatic N) is 1. The van der Waals surface area contributed by atoms with Crippen molar-refractivity contribution in [3.8, 4) is 0 Å². The van der Waals surface area contributed by atoms with Crippen LogP contribution in [0.3, 0.4) is 0 Å². The summed E-state index contributed by atoms with van der Waals surface area (Å²) in [6.45, 7) is 5.71. The highest BCUT2D eigenvalue weighted by atomic mass is 16.5. The van der Waals surface area contributed by atoms with Gasteiger partial charge in [-0.05, 0) is 31.0 Å². The maximum absolute atomic E-state index is 11.2. The second-order valence-corrected chi connectivity index (χ2v) is 4.79. The van der Waals surface area contributed by atoms with Crippen molar-refractivity contribution >= 4 is 17.3 Å². The summed E-state index contributed by atoms with van der Waals surface area (Å²) in [4.78, 5) is 13.4. The molecule has 0 aliphatic heterocycles. The van der Waals surface area contributed by atoms with E-state index in [-0.39, 0.29) is 0 Å². The summed E-state index contributed by atoms with van der Waals surface area (Å²) in [6, 6.07) is 5.62. The van der Waals surface area contributed by atoms with E-state index in [4.69, 9.17) is 16.2 Å². The van der Waals surface area contributed by atoms with Crippen molar-refractivity contribution in [2.75, 3.05) is 30.9 Å². The van der Waals surface area contributed by atoms with E-state index in [0.717, 1.165) is 25.1 Å². The minimum atomic E-state index is -0.464. The van der Waals surface area contributed by atoms with E-state index >= 15 is 0 Å². The third-order valence-corrected chi connectivity index (χ3v) is 3.54. The summed E-state index contributed by atoms with van der Waals surface area (Å²) >= 11 is 0. The lowest BCUT2D eigenvalue weighted by Gasteiger charge is -2.33. The molecule has 1 amide bonds. The van der Waals surface area contributed by atoms with E-state index in [1.807, 2.05) is 6.07 Å². The summed E-state index contributed by atoms with van der Waals surface area (Å²) in [7, 11) is 1.69. The molecule has 5 heteroatoms. The molecule has 4 N–H and O–H groups in total. The number of carbonyl (C=O) groups excluding carboxylic acids is 1. The molecule has 0 atom stereocenters. The van der Waals surface area contributed by atoms with Gasteiger partial charge in [0, 0.05) is 25.3 Å². The molecule has 0 aliphatic rings. The second kappa shape index (κ2) is 7.75. The van der Waals surface area contributed by atoms with Gasteiger partial charge in [-0.2, -0.15) is 0 Å². The summed E-state index contributed by atoms with van der Waals surface area (Å²) in [5.74, 6) is -0.464. The summed E-state index contributed by atoms with van der Waals surface area (Å²) in [5.41, 5.74) is 13.3. The van der Waals surface area contributed by atoms with Crippen LogP contribution in [-0.4, -0.2) is 32.2 Å². The van der Waals surface area contributed by atoms with Gasteiger partial charge in [0.1, 0.15) is 0 Å². The summed E-state index contributed by atoms with van der Waals surface area (Å²) < 4.78 is 5.18. The average molecular weight is 279 g/mol. The largest absolute Gasteiger partial charge is 0.397 e. The zero-order valence-corrected chi connectivity index (χ0v) is 12.6. The van der Waals surface area contributed by atoms with Crippen molar-refractivity contribution in [2.45, 2.75) is 32.7 Å². The summed E-state index contributed by atoms with van der Waals surface area (Å²) in [6.07, 6.45) is 2.05. The van der Waals surface area contributed by atoms with Gasteiger partial charge in [0.2, 0.25) is 5.91 Å². The fourth-order valence-electron chi connectivity index (χ4n) is 2.39. The lowest BCUT2D eigenvalue weighted by molar-refractivity contribution is 0.100. The van der Waals surface area contributed by atoms with Crippen molar-refractivity contribution in [2.24, 2.45) is 5.73 Å². The minimum Gasteiger partial charge on any atom is -0.397 e. The molecule has 0 aliphatic carbocycles. The standard InChI is InChI=1S/C15H25N3O2/c1-4-12(5-2)18(8-9-20-3)14-7-6-11(15(17)19)10-13(14)16/h6-7,10,12H,4-5,8-9,16H2,1-3H3,(H2,17,19). The molecule has 112 valence electrons. The molecule has 0 aromatic heterocycles. The van der Waals surface area contributed by atoms with Gasteiger partial charge in [-0.3, -0.25) is 4.79 Å². The highest BCUT2D eigenvalue weighted by Gasteiger charge is 2.18. The average Bonchev–Trinajstić information content (AvgIpc) is 2.43. The Kier molecular flexibility index (Phi) is 6.31. The first-order chi connectivity index (χ1) is 9.54. The van der Waals surface area contributed by atoms with Crippen LogP contribution in [0.1, 0.15) is 37.0 Å². The quantitative estimate of drug-likeness (QED) is 0.713. The summed E-state index contributed by atoms with van der Waals surface area (Å²) in [5, 5.41) is 0. The van der Waals surface area contributed by atoms with E-state index in [1.54, 1.807) is 19.2 Å². The number of amides is 1. The molecule has 1 rings (SSSR count). The number of carbonyl (C=O) groups is 1. The first-order valence-electron chi connectivity index (χ1n) is 7.00. The lowest BCUT2D eigenvalue weighted by Crippen LogP contribution is -2.37. The van der Waals surface area contributed by atoms with Crippen molar-refractivity contribution in [1.29, 1.82) is 0 Å². The van der Waals surface area contributed by atoms with Crippen molar-refractivity contribution in [1.82, 2.24) is 0 Å². The molecule has 20 heavy (non-hydrogen) atoms. The molecule has 0 bridgehead atoms. The van der Waals surface area contributed by atoms with Gasteiger partial charge in [0.25, 0.3) is 0 Å². The van der Waals surface area contributed by atoms with Crippen molar-refractivity contribution in [3.05, 3.63) is 23.8 Å². The van der Waals surface area contributed by atoms with Gasteiger partial charge in [-0.25, -0.2) is 0 Å². The number of benzene rings is 1. The van der Waals surface area contributed by atoms with E-state index in [0.29, 0.717) is 23.9 Å². The number of hydrogen-bond acceptors (Lipinski definition) is 4. The third-order valence-electron chi connectivity index (χ3n) is 3.54. The Morgan fingerprint density at radius 1 is 1.35 bits per heavy atom. The van der Waals surface area contributed by atoms with Crippen LogP contribution < -0.4 is 16.4 Å². The number of primary amides is 1. The normalized spacial score (nSPS) is 10.8. The van der Waals surface area contributed by atoms with Crippen molar-refractivity contribution in [3.63, 3.8) is 0 Å². The van der Waals surface area contributed by atoms with Gasteiger partial charge in [0.05, 0.1) is 18.0 Å². The molecule has 0 unspecified atom stereocenters. The van der Waals surface area contributed by atoms with Crippen LogP contribution in [0.2, 0.25) is 0 Å². The molecular formula is C15H25N3O2. The topological polar surface area (TPSA) is 81.6 Å². The molecule has 1 aromatic carbocycles. The number of hydrogen-bond donors (Lipinski definition) is 2. The first-order valence-corrected chi connectivity index (χ1v) is 7.00. The minimum absolute atomic E-state index is 0.395. The highest BCUT2D eigenvalue weighted by molar-refractivity contribution is 5.94. The number of ether oxygens (including phenoxy) is 1. The molecule has 5 nitrogen and oxygen atoms in total. The molecule has 0 heterocycles. The Hall–Kier alpha value is -1.75. The van der Waals surface area contributed by atoms with Crippen molar-refractivity contribution < 1.29 is 9.53 Å². The Labute approximate surface area is 120 Å². The monoisotopic (exact) mass is 279 g/mol. The van der Waals surface area contributed by atoms with Crippen LogP contribution in [-0.2, 0) is 4.74 Å². The molecule has 0 saturated carbocycles. The van der Waals surface area contributed by atoms with Gasteiger partial charge >= 0.3 is 0 Å². The number of nitrogens with two attached hydrogens (primary N) is 2. The predicted octanol–water partition coefficient (Wildman–Crippen LogP) is 2.01. The van der Waals surface area contributed by atoms with Crippen LogP contribution in [0.25, 0.3) is 0 Å². The number of rotatable bonds is 8. The fourth-order valence-corrected chi connectivity index (χ4v) is 2.39. The molecule has 0 spiro atoms. The second-order valence-electron chi connectivity index (χ2n) is 4.79. The van der Waals surface area contributed by atoms with Crippen LogP contribution in [0.15, 0.2) is 18.2 Å².